The molecule has 1 aliphatic carbocycles. The van der Waals surface area contributed by atoms with E-state index in [-0.39, 0.29) is 18.9 Å². The predicted octanol–water partition coefficient (Wildman–Crippen LogP) is 1.60. The SMILES string of the molecule is C=CC1CC1(C(=O)O)C(=O)OCc1ccoc1. The van der Waals surface area contributed by atoms with Crippen LogP contribution >= 0.6 is 0 Å². The van der Waals surface area contributed by atoms with Crippen LogP contribution in [0.2, 0.25) is 0 Å². The zero-order chi connectivity index (χ0) is 12.5. The van der Waals surface area contributed by atoms with Gasteiger partial charge in [-0.2, -0.15) is 0 Å². The summed E-state index contributed by atoms with van der Waals surface area (Å²) < 4.78 is 9.79. The first-order valence-corrected chi connectivity index (χ1v) is 5.15. The lowest BCUT2D eigenvalue weighted by atomic mass is 10.0. The monoisotopic (exact) mass is 236 g/mol. The van der Waals surface area contributed by atoms with E-state index in [0.717, 1.165) is 0 Å². The molecule has 1 aromatic rings. The highest BCUT2D eigenvalue weighted by Gasteiger charge is 2.66. The summed E-state index contributed by atoms with van der Waals surface area (Å²) in [6.45, 7) is 3.53. The molecule has 0 bridgehead atoms. The third kappa shape index (κ3) is 1.84. The average Bonchev–Trinajstić information content (AvgIpc) is 2.85. The van der Waals surface area contributed by atoms with Crippen LogP contribution in [-0.2, 0) is 20.9 Å². The highest BCUT2D eigenvalue weighted by atomic mass is 16.5. The Balaban J connectivity index is 2.00. The van der Waals surface area contributed by atoms with Gasteiger partial charge in [0.1, 0.15) is 6.61 Å². The molecule has 0 spiro atoms. The first kappa shape index (κ1) is 11.4. The van der Waals surface area contributed by atoms with Crippen molar-refractivity contribution < 1.29 is 23.8 Å². The molecule has 17 heavy (non-hydrogen) atoms. The van der Waals surface area contributed by atoms with Crippen molar-refractivity contribution in [3.05, 3.63) is 36.8 Å². The van der Waals surface area contributed by atoms with Gasteiger partial charge in [0.15, 0.2) is 5.41 Å². The van der Waals surface area contributed by atoms with Gasteiger partial charge in [0.25, 0.3) is 0 Å². The van der Waals surface area contributed by atoms with Crippen molar-refractivity contribution in [3.8, 4) is 0 Å². The third-order valence-corrected chi connectivity index (χ3v) is 3.00. The number of carbonyl (C=O) groups is 2. The fraction of sp³-hybridized carbons (Fsp3) is 0.333. The van der Waals surface area contributed by atoms with Crippen LogP contribution in [0, 0.1) is 11.3 Å². The molecule has 2 atom stereocenters. The lowest BCUT2D eigenvalue weighted by Gasteiger charge is -2.10. The number of esters is 1. The van der Waals surface area contributed by atoms with Gasteiger partial charge < -0.3 is 14.3 Å². The fourth-order valence-electron chi connectivity index (χ4n) is 1.79. The van der Waals surface area contributed by atoms with Gasteiger partial charge in [-0.25, -0.2) is 0 Å². The lowest BCUT2D eigenvalue weighted by Crippen LogP contribution is -2.29. The fourth-order valence-corrected chi connectivity index (χ4v) is 1.79. The first-order valence-electron chi connectivity index (χ1n) is 5.15. The van der Waals surface area contributed by atoms with Gasteiger partial charge in [-0.1, -0.05) is 6.08 Å². The number of rotatable bonds is 5. The highest BCUT2D eigenvalue weighted by Crippen LogP contribution is 2.54. The Labute approximate surface area is 97.7 Å². The minimum absolute atomic E-state index is 0.0220. The molecule has 5 heteroatoms. The summed E-state index contributed by atoms with van der Waals surface area (Å²) in [5.74, 6) is -2.20. The average molecular weight is 236 g/mol. The van der Waals surface area contributed by atoms with Crippen LogP contribution in [0.25, 0.3) is 0 Å². The van der Waals surface area contributed by atoms with Crippen LogP contribution in [0.5, 0.6) is 0 Å². The van der Waals surface area contributed by atoms with E-state index in [0.29, 0.717) is 5.56 Å². The van der Waals surface area contributed by atoms with Crippen molar-refractivity contribution in [2.45, 2.75) is 13.0 Å². The van der Waals surface area contributed by atoms with Crippen LogP contribution in [0.3, 0.4) is 0 Å². The second kappa shape index (κ2) is 4.08. The van der Waals surface area contributed by atoms with Gasteiger partial charge >= 0.3 is 11.9 Å². The molecule has 1 N–H and O–H groups in total. The van der Waals surface area contributed by atoms with E-state index >= 15 is 0 Å². The number of hydrogen-bond donors (Lipinski definition) is 1. The first-order chi connectivity index (χ1) is 8.11. The number of aliphatic carboxylic acids is 1. The Kier molecular flexibility index (Phi) is 2.75. The number of furan rings is 1. The molecule has 1 aliphatic rings. The van der Waals surface area contributed by atoms with Gasteiger partial charge in [-0.3, -0.25) is 9.59 Å². The van der Waals surface area contributed by atoms with Crippen molar-refractivity contribution in [2.24, 2.45) is 11.3 Å². The second-order valence-corrected chi connectivity index (χ2v) is 4.03. The number of allylic oxidation sites excluding steroid dienone is 1. The molecule has 0 aliphatic heterocycles. The summed E-state index contributed by atoms with van der Waals surface area (Å²) in [6, 6.07) is 1.65. The minimum atomic E-state index is -1.43. The quantitative estimate of drug-likeness (QED) is 0.477. The van der Waals surface area contributed by atoms with E-state index < -0.39 is 17.4 Å². The Morgan fingerprint density at radius 2 is 2.47 bits per heavy atom. The molecular formula is C12H12O5. The molecule has 1 fully saturated rings. The third-order valence-electron chi connectivity index (χ3n) is 3.00. The molecule has 1 saturated carbocycles. The lowest BCUT2D eigenvalue weighted by molar-refractivity contribution is -0.162. The largest absolute Gasteiger partial charge is 0.480 e. The summed E-state index contributed by atoms with van der Waals surface area (Å²) in [6.07, 6.45) is 4.64. The van der Waals surface area contributed by atoms with E-state index in [9.17, 15) is 9.59 Å². The van der Waals surface area contributed by atoms with Crippen LogP contribution < -0.4 is 0 Å². The van der Waals surface area contributed by atoms with Gasteiger partial charge in [-0.15, -0.1) is 6.58 Å². The number of carboxylic acids is 1. The molecular weight excluding hydrogens is 224 g/mol. The molecule has 0 radical (unpaired) electrons. The summed E-state index contributed by atoms with van der Waals surface area (Å²) in [5, 5.41) is 9.07. The van der Waals surface area contributed by atoms with Crippen molar-refractivity contribution in [1.82, 2.24) is 0 Å². The molecule has 2 rings (SSSR count). The van der Waals surface area contributed by atoms with E-state index in [2.05, 4.69) is 6.58 Å². The Morgan fingerprint density at radius 1 is 1.71 bits per heavy atom. The minimum Gasteiger partial charge on any atom is -0.480 e. The second-order valence-electron chi connectivity index (χ2n) is 4.03. The van der Waals surface area contributed by atoms with E-state index in [1.807, 2.05) is 0 Å². The molecule has 1 aromatic heterocycles. The van der Waals surface area contributed by atoms with Gasteiger partial charge in [0.05, 0.1) is 12.5 Å². The van der Waals surface area contributed by atoms with Crippen LogP contribution in [0.4, 0.5) is 0 Å². The zero-order valence-electron chi connectivity index (χ0n) is 9.09. The van der Waals surface area contributed by atoms with Crippen molar-refractivity contribution >= 4 is 11.9 Å². The van der Waals surface area contributed by atoms with Crippen molar-refractivity contribution in [2.75, 3.05) is 0 Å². The van der Waals surface area contributed by atoms with Crippen LogP contribution in [-0.4, -0.2) is 17.0 Å². The summed E-state index contributed by atoms with van der Waals surface area (Å²) in [7, 11) is 0. The maximum Gasteiger partial charge on any atom is 0.324 e. The molecule has 2 unspecified atom stereocenters. The standard InChI is InChI=1S/C12H12O5/c1-2-9-5-12(9,10(13)14)11(15)17-7-8-3-4-16-6-8/h2-4,6,9H,1,5,7H2,(H,13,14). The summed E-state index contributed by atoms with van der Waals surface area (Å²) in [4.78, 5) is 22.8. The van der Waals surface area contributed by atoms with E-state index in [1.54, 1.807) is 6.07 Å². The molecule has 0 saturated heterocycles. The van der Waals surface area contributed by atoms with Crippen molar-refractivity contribution in [1.29, 1.82) is 0 Å². The number of carboxylic acid groups (broad SMARTS) is 1. The van der Waals surface area contributed by atoms with E-state index in [1.165, 1.54) is 18.6 Å². The normalized spacial score (nSPS) is 26.2. The summed E-state index contributed by atoms with van der Waals surface area (Å²) in [5.41, 5.74) is -0.736. The zero-order valence-corrected chi connectivity index (χ0v) is 9.09. The maximum atomic E-state index is 11.8. The Hall–Kier alpha value is -2.04. The number of carbonyl (C=O) groups excluding carboxylic acids is 1. The molecule has 90 valence electrons. The van der Waals surface area contributed by atoms with Crippen LogP contribution in [0.1, 0.15) is 12.0 Å². The van der Waals surface area contributed by atoms with Gasteiger partial charge in [-0.05, 0) is 12.5 Å². The highest BCUT2D eigenvalue weighted by molar-refractivity contribution is 6.03. The van der Waals surface area contributed by atoms with Gasteiger partial charge in [0, 0.05) is 11.5 Å². The number of hydrogen-bond acceptors (Lipinski definition) is 4. The van der Waals surface area contributed by atoms with Crippen LogP contribution in [0.15, 0.2) is 35.7 Å². The Morgan fingerprint density at radius 3 is 2.94 bits per heavy atom. The summed E-state index contributed by atoms with van der Waals surface area (Å²) >= 11 is 0. The van der Waals surface area contributed by atoms with E-state index in [4.69, 9.17) is 14.3 Å². The van der Waals surface area contributed by atoms with Gasteiger partial charge in [0.2, 0.25) is 0 Å². The molecule has 0 amide bonds. The molecule has 0 aromatic carbocycles. The topological polar surface area (TPSA) is 76.7 Å². The number of ether oxygens (including phenoxy) is 1. The molecule has 1 heterocycles. The smallest absolute Gasteiger partial charge is 0.324 e. The van der Waals surface area contributed by atoms with Crippen molar-refractivity contribution in [3.63, 3.8) is 0 Å². The Bertz CT molecular complexity index is 447. The predicted molar refractivity (Wildman–Crippen MR) is 56.9 cm³/mol. The molecule has 5 nitrogen and oxygen atoms in total. The maximum absolute atomic E-state index is 11.8.